The molecule has 7 nitrogen and oxygen atoms in total. The number of carbonyl (C=O) groups is 1. The summed E-state index contributed by atoms with van der Waals surface area (Å²) in [6.45, 7) is 5.25. The van der Waals surface area contributed by atoms with Crippen LogP contribution in [0, 0.1) is 6.92 Å². The van der Waals surface area contributed by atoms with Gasteiger partial charge in [-0.3, -0.25) is 0 Å². The highest BCUT2D eigenvalue weighted by Crippen LogP contribution is 2.30. The van der Waals surface area contributed by atoms with E-state index in [1.807, 2.05) is 25.1 Å². The lowest BCUT2D eigenvalue weighted by Gasteiger charge is -2.28. The van der Waals surface area contributed by atoms with Crippen molar-refractivity contribution in [1.29, 1.82) is 0 Å². The zero-order valence-electron chi connectivity index (χ0n) is 16.5. The minimum Gasteiger partial charge on any atom is -0.478 e. The number of benzene rings is 2. The van der Waals surface area contributed by atoms with Crippen molar-refractivity contribution >= 4 is 35.1 Å². The topological polar surface area (TPSA) is 87.6 Å². The van der Waals surface area contributed by atoms with Crippen molar-refractivity contribution in [1.82, 2.24) is 9.97 Å². The van der Waals surface area contributed by atoms with Crippen molar-refractivity contribution in [2.75, 3.05) is 36.5 Å². The van der Waals surface area contributed by atoms with Gasteiger partial charge in [-0.25, -0.2) is 14.8 Å². The van der Waals surface area contributed by atoms with E-state index in [0.29, 0.717) is 5.95 Å². The van der Waals surface area contributed by atoms with E-state index in [0.717, 1.165) is 47.5 Å². The molecular formula is C22H22N4O3S. The molecule has 0 unspecified atom stereocenters. The number of carboxylic acids is 1. The summed E-state index contributed by atoms with van der Waals surface area (Å²) in [5.41, 5.74) is 3.25. The second-order valence-corrected chi connectivity index (χ2v) is 7.95. The van der Waals surface area contributed by atoms with E-state index in [4.69, 9.17) is 4.74 Å². The molecule has 0 bridgehead atoms. The van der Waals surface area contributed by atoms with Gasteiger partial charge >= 0.3 is 5.97 Å². The minimum absolute atomic E-state index is 0.255. The van der Waals surface area contributed by atoms with Gasteiger partial charge in [-0.1, -0.05) is 17.8 Å². The lowest BCUT2D eigenvalue weighted by molar-refractivity contribution is 0.0696. The van der Waals surface area contributed by atoms with Gasteiger partial charge in [0.25, 0.3) is 0 Å². The fourth-order valence-electron chi connectivity index (χ4n) is 3.10. The number of aryl methyl sites for hydroxylation is 1. The zero-order chi connectivity index (χ0) is 20.9. The van der Waals surface area contributed by atoms with Gasteiger partial charge in [0.05, 0.1) is 18.8 Å². The molecule has 2 heterocycles. The number of aromatic nitrogens is 2. The standard InChI is InChI=1S/C22H22N4O3S/c1-15-14-23-22(25-20(15)30-19-4-2-3-16(13-19)21(27)28)24-17-5-7-18(8-6-17)26-9-11-29-12-10-26/h2-8,13-14H,9-12H2,1H3,(H,27,28)(H,23,24,25). The summed E-state index contributed by atoms with van der Waals surface area (Å²) < 4.78 is 5.40. The van der Waals surface area contributed by atoms with Crippen molar-refractivity contribution in [3.8, 4) is 0 Å². The molecule has 0 spiro atoms. The van der Waals surface area contributed by atoms with Gasteiger partial charge in [-0.2, -0.15) is 0 Å². The van der Waals surface area contributed by atoms with Crippen LogP contribution in [-0.2, 0) is 4.74 Å². The van der Waals surface area contributed by atoms with Crippen LogP contribution in [0.1, 0.15) is 15.9 Å². The molecule has 0 amide bonds. The van der Waals surface area contributed by atoms with E-state index >= 15 is 0 Å². The lowest BCUT2D eigenvalue weighted by atomic mass is 10.2. The second-order valence-electron chi connectivity index (χ2n) is 6.89. The number of hydrogen-bond donors (Lipinski definition) is 2. The third-order valence-corrected chi connectivity index (χ3v) is 5.82. The highest BCUT2D eigenvalue weighted by molar-refractivity contribution is 7.99. The van der Waals surface area contributed by atoms with E-state index in [9.17, 15) is 9.90 Å². The molecule has 1 fully saturated rings. The van der Waals surface area contributed by atoms with Crippen LogP contribution >= 0.6 is 11.8 Å². The van der Waals surface area contributed by atoms with E-state index in [2.05, 4.69) is 32.3 Å². The maximum absolute atomic E-state index is 11.2. The Morgan fingerprint density at radius 2 is 1.93 bits per heavy atom. The summed E-state index contributed by atoms with van der Waals surface area (Å²) in [7, 11) is 0. The maximum Gasteiger partial charge on any atom is 0.335 e. The fraction of sp³-hybridized carbons (Fsp3) is 0.227. The number of nitrogens with zero attached hydrogens (tertiary/aromatic N) is 3. The van der Waals surface area contributed by atoms with Crippen molar-refractivity contribution in [3.05, 3.63) is 65.9 Å². The smallest absolute Gasteiger partial charge is 0.335 e. The van der Waals surface area contributed by atoms with E-state index in [-0.39, 0.29) is 5.56 Å². The molecule has 0 aliphatic carbocycles. The molecule has 4 rings (SSSR count). The van der Waals surface area contributed by atoms with E-state index in [1.54, 1.807) is 24.4 Å². The average molecular weight is 423 g/mol. The largest absolute Gasteiger partial charge is 0.478 e. The highest BCUT2D eigenvalue weighted by atomic mass is 32.2. The van der Waals surface area contributed by atoms with Crippen molar-refractivity contribution in [2.24, 2.45) is 0 Å². The summed E-state index contributed by atoms with van der Waals surface area (Å²) in [6.07, 6.45) is 1.76. The van der Waals surface area contributed by atoms with Gasteiger partial charge in [0.1, 0.15) is 5.03 Å². The molecule has 2 N–H and O–H groups in total. The van der Waals surface area contributed by atoms with Crippen LogP contribution in [0.15, 0.2) is 64.6 Å². The molecule has 0 saturated carbocycles. The molecular weight excluding hydrogens is 400 g/mol. The first-order chi connectivity index (χ1) is 14.6. The number of morpholine rings is 1. The number of hydrogen-bond acceptors (Lipinski definition) is 7. The Labute approximate surface area is 179 Å². The van der Waals surface area contributed by atoms with Crippen LogP contribution in [0.4, 0.5) is 17.3 Å². The zero-order valence-corrected chi connectivity index (χ0v) is 17.4. The van der Waals surface area contributed by atoms with Crippen molar-refractivity contribution in [2.45, 2.75) is 16.8 Å². The van der Waals surface area contributed by atoms with Crippen LogP contribution in [0.2, 0.25) is 0 Å². The van der Waals surface area contributed by atoms with Crippen molar-refractivity contribution in [3.63, 3.8) is 0 Å². The Morgan fingerprint density at radius 1 is 1.17 bits per heavy atom. The van der Waals surface area contributed by atoms with E-state index < -0.39 is 5.97 Å². The summed E-state index contributed by atoms with van der Waals surface area (Å²) in [5.74, 6) is -0.448. The molecule has 30 heavy (non-hydrogen) atoms. The molecule has 0 radical (unpaired) electrons. The van der Waals surface area contributed by atoms with Gasteiger partial charge in [0.15, 0.2) is 0 Å². The Kier molecular flexibility index (Phi) is 6.15. The van der Waals surface area contributed by atoms with E-state index in [1.165, 1.54) is 17.4 Å². The third-order valence-electron chi connectivity index (χ3n) is 4.72. The number of aromatic carboxylic acids is 1. The number of nitrogens with one attached hydrogen (secondary N) is 1. The van der Waals surface area contributed by atoms with Gasteiger partial charge in [-0.15, -0.1) is 0 Å². The molecule has 3 aromatic rings. The highest BCUT2D eigenvalue weighted by Gasteiger charge is 2.12. The summed E-state index contributed by atoms with van der Waals surface area (Å²) in [4.78, 5) is 23.3. The number of ether oxygens (including phenoxy) is 1. The fourth-order valence-corrected chi connectivity index (χ4v) is 4.00. The predicted octanol–water partition coefficient (Wildman–Crippen LogP) is 4.21. The summed E-state index contributed by atoms with van der Waals surface area (Å²) >= 11 is 1.42. The first-order valence-corrected chi connectivity index (χ1v) is 10.4. The molecule has 1 saturated heterocycles. The van der Waals surface area contributed by atoms with Crippen LogP contribution in [0.3, 0.4) is 0 Å². The second kappa shape index (κ2) is 9.15. The Bertz CT molecular complexity index is 1040. The third kappa shape index (κ3) is 4.90. The van der Waals surface area contributed by atoms with Gasteiger partial charge in [0, 0.05) is 41.1 Å². The monoisotopic (exact) mass is 422 g/mol. The SMILES string of the molecule is Cc1cnc(Nc2ccc(N3CCOCC3)cc2)nc1Sc1cccc(C(=O)O)c1. The first kappa shape index (κ1) is 20.2. The van der Waals surface area contributed by atoms with Crippen LogP contribution in [-0.4, -0.2) is 47.3 Å². The van der Waals surface area contributed by atoms with Crippen LogP contribution < -0.4 is 10.2 Å². The number of anilines is 3. The molecule has 1 aliphatic rings. The summed E-state index contributed by atoms with van der Waals surface area (Å²) in [5, 5.41) is 13.2. The quantitative estimate of drug-likeness (QED) is 0.571. The molecule has 1 aliphatic heterocycles. The molecule has 1 aromatic heterocycles. The predicted molar refractivity (Wildman–Crippen MR) is 117 cm³/mol. The van der Waals surface area contributed by atoms with Crippen molar-refractivity contribution < 1.29 is 14.6 Å². The Morgan fingerprint density at radius 3 is 2.67 bits per heavy atom. The molecule has 0 atom stereocenters. The van der Waals surface area contributed by atoms with Crippen LogP contribution in [0.5, 0.6) is 0 Å². The number of rotatable bonds is 6. The average Bonchev–Trinajstić information content (AvgIpc) is 2.77. The first-order valence-electron chi connectivity index (χ1n) is 9.63. The normalized spacial score (nSPS) is 13.8. The van der Waals surface area contributed by atoms with Crippen LogP contribution in [0.25, 0.3) is 0 Å². The molecule has 2 aromatic carbocycles. The summed E-state index contributed by atoms with van der Waals surface area (Å²) in [6, 6.07) is 15.0. The minimum atomic E-state index is -0.945. The van der Waals surface area contributed by atoms with Gasteiger partial charge in [-0.05, 0) is 49.4 Å². The maximum atomic E-state index is 11.2. The Balaban J connectivity index is 1.47. The Hall–Kier alpha value is -3.10. The van der Waals surface area contributed by atoms with Gasteiger partial charge < -0.3 is 20.1 Å². The number of carboxylic acid groups (broad SMARTS) is 1. The molecule has 154 valence electrons. The lowest BCUT2D eigenvalue weighted by Crippen LogP contribution is -2.36. The molecule has 8 heteroatoms. The van der Waals surface area contributed by atoms with Gasteiger partial charge in [0.2, 0.25) is 5.95 Å².